The number of nitrogens with zero attached hydrogens (tertiary/aromatic N) is 1. The van der Waals surface area contributed by atoms with Crippen LogP contribution in [0.2, 0.25) is 5.02 Å². The van der Waals surface area contributed by atoms with E-state index in [0.717, 1.165) is 0 Å². The fourth-order valence-corrected chi connectivity index (χ4v) is 2.09. The number of benzene rings is 2. The summed E-state index contributed by atoms with van der Waals surface area (Å²) in [6.07, 6.45) is 0. The molecule has 20 heavy (non-hydrogen) atoms. The summed E-state index contributed by atoms with van der Waals surface area (Å²) in [5, 5.41) is 18.6. The van der Waals surface area contributed by atoms with Crippen LogP contribution in [0.4, 0.5) is 0 Å². The standard InChI is InChI=1S/C15H10ClNO3/c1-20-14-5-2-9(8-17)6-13(14)12-7-10(16)3-4-11(12)15(18)19/h2-7H,1H3,(H,18,19). The van der Waals surface area contributed by atoms with Gasteiger partial charge in [-0.15, -0.1) is 0 Å². The summed E-state index contributed by atoms with van der Waals surface area (Å²) in [5.41, 5.74) is 1.45. The number of hydrogen-bond donors (Lipinski definition) is 1. The van der Waals surface area contributed by atoms with Gasteiger partial charge in [0.05, 0.1) is 24.3 Å². The molecule has 100 valence electrons. The van der Waals surface area contributed by atoms with Crippen molar-refractivity contribution in [1.29, 1.82) is 5.26 Å². The van der Waals surface area contributed by atoms with E-state index in [4.69, 9.17) is 21.6 Å². The molecule has 5 heteroatoms. The first-order valence-electron chi connectivity index (χ1n) is 5.68. The molecule has 0 aromatic heterocycles. The van der Waals surface area contributed by atoms with E-state index in [9.17, 15) is 9.90 Å². The molecular weight excluding hydrogens is 278 g/mol. The van der Waals surface area contributed by atoms with Crippen molar-refractivity contribution in [2.75, 3.05) is 7.11 Å². The van der Waals surface area contributed by atoms with Crippen LogP contribution in [-0.2, 0) is 0 Å². The summed E-state index contributed by atoms with van der Waals surface area (Å²) in [6, 6.07) is 11.3. The lowest BCUT2D eigenvalue weighted by Crippen LogP contribution is -2.00. The van der Waals surface area contributed by atoms with E-state index in [2.05, 4.69) is 0 Å². The Morgan fingerprint density at radius 3 is 2.60 bits per heavy atom. The van der Waals surface area contributed by atoms with E-state index in [0.29, 0.717) is 27.5 Å². The van der Waals surface area contributed by atoms with Gasteiger partial charge in [0.1, 0.15) is 5.75 Å². The molecule has 2 aromatic carbocycles. The Balaban J connectivity index is 2.76. The predicted molar refractivity (Wildman–Crippen MR) is 75.1 cm³/mol. The smallest absolute Gasteiger partial charge is 0.336 e. The molecule has 2 rings (SSSR count). The highest BCUT2D eigenvalue weighted by Crippen LogP contribution is 2.34. The largest absolute Gasteiger partial charge is 0.496 e. The molecule has 2 aromatic rings. The number of aromatic carboxylic acids is 1. The van der Waals surface area contributed by atoms with Crippen LogP contribution < -0.4 is 4.74 Å². The third-order valence-corrected chi connectivity index (χ3v) is 3.07. The summed E-state index contributed by atoms with van der Waals surface area (Å²) >= 11 is 5.94. The van der Waals surface area contributed by atoms with E-state index >= 15 is 0 Å². The number of carboxylic acid groups (broad SMARTS) is 1. The number of hydrogen-bond acceptors (Lipinski definition) is 3. The minimum atomic E-state index is -1.07. The van der Waals surface area contributed by atoms with Crippen LogP contribution in [0.15, 0.2) is 36.4 Å². The third kappa shape index (κ3) is 2.58. The fourth-order valence-electron chi connectivity index (χ4n) is 1.91. The number of carboxylic acids is 1. The maximum absolute atomic E-state index is 11.3. The Hall–Kier alpha value is -2.51. The second-order valence-electron chi connectivity index (χ2n) is 4.02. The molecule has 0 aliphatic carbocycles. The van der Waals surface area contributed by atoms with Crippen molar-refractivity contribution in [2.45, 2.75) is 0 Å². The fraction of sp³-hybridized carbons (Fsp3) is 0.0667. The van der Waals surface area contributed by atoms with Gasteiger partial charge in [-0.3, -0.25) is 0 Å². The normalized spacial score (nSPS) is 9.85. The van der Waals surface area contributed by atoms with E-state index < -0.39 is 5.97 Å². The molecule has 0 atom stereocenters. The highest BCUT2D eigenvalue weighted by Gasteiger charge is 2.16. The topological polar surface area (TPSA) is 70.3 Å². The van der Waals surface area contributed by atoms with Gasteiger partial charge in [-0.1, -0.05) is 11.6 Å². The van der Waals surface area contributed by atoms with Crippen LogP contribution in [-0.4, -0.2) is 18.2 Å². The second-order valence-corrected chi connectivity index (χ2v) is 4.46. The lowest BCUT2D eigenvalue weighted by Gasteiger charge is -2.12. The van der Waals surface area contributed by atoms with Crippen molar-refractivity contribution in [3.63, 3.8) is 0 Å². The minimum absolute atomic E-state index is 0.0998. The van der Waals surface area contributed by atoms with Crippen molar-refractivity contribution in [2.24, 2.45) is 0 Å². The molecule has 0 radical (unpaired) electrons. The summed E-state index contributed by atoms with van der Waals surface area (Å²) in [6.45, 7) is 0. The van der Waals surface area contributed by atoms with Crippen LogP contribution in [0.1, 0.15) is 15.9 Å². The molecule has 0 fully saturated rings. The van der Waals surface area contributed by atoms with Crippen molar-refractivity contribution < 1.29 is 14.6 Å². The third-order valence-electron chi connectivity index (χ3n) is 2.83. The molecule has 4 nitrogen and oxygen atoms in total. The predicted octanol–water partition coefficient (Wildman–Crippen LogP) is 3.59. The average Bonchev–Trinajstić information content (AvgIpc) is 2.46. The van der Waals surface area contributed by atoms with Gasteiger partial charge in [0.15, 0.2) is 0 Å². The number of ether oxygens (including phenoxy) is 1. The highest BCUT2D eigenvalue weighted by molar-refractivity contribution is 6.31. The van der Waals surface area contributed by atoms with Crippen molar-refractivity contribution in [3.8, 4) is 22.9 Å². The number of nitriles is 1. The molecule has 0 amide bonds. The lowest BCUT2D eigenvalue weighted by molar-refractivity contribution is 0.0698. The van der Waals surface area contributed by atoms with E-state index in [-0.39, 0.29) is 5.56 Å². The molecule has 0 bridgehead atoms. The molecule has 0 heterocycles. The molecule has 1 N–H and O–H groups in total. The number of halogens is 1. The number of methoxy groups -OCH3 is 1. The molecular formula is C15H10ClNO3. The van der Waals surface area contributed by atoms with Crippen LogP contribution in [0.25, 0.3) is 11.1 Å². The molecule has 0 aliphatic heterocycles. The van der Waals surface area contributed by atoms with Gasteiger partial charge in [0, 0.05) is 16.1 Å². The second kappa shape index (κ2) is 5.64. The van der Waals surface area contributed by atoms with Gasteiger partial charge in [-0.2, -0.15) is 5.26 Å². The Bertz CT molecular complexity index is 720. The van der Waals surface area contributed by atoms with Gasteiger partial charge in [-0.25, -0.2) is 4.79 Å². The maximum atomic E-state index is 11.3. The SMILES string of the molecule is COc1ccc(C#N)cc1-c1cc(Cl)ccc1C(=O)O. The van der Waals surface area contributed by atoms with Gasteiger partial charge in [0.2, 0.25) is 0 Å². The quantitative estimate of drug-likeness (QED) is 0.936. The first kappa shape index (κ1) is 13.9. The zero-order valence-corrected chi connectivity index (χ0v) is 11.3. The van der Waals surface area contributed by atoms with Gasteiger partial charge >= 0.3 is 5.97 Å². The molecule has 0 saturated carbocycles. The van der Waals surface area contributed by atoms with Crippen molar-refractivity contribution >= 4 is 17.6 Å². The summed E-state index contributed by atoms with van der Waals surface area (Å²) < 4.78 is 5.23. The maximum Gasteiger partial charge on any atom is 0.336 e. The number of carbonyl (C=O) groups is 1. The number of rotatable bonds is 3. The van der Waals surface area contributed by atoms with Gasteiger partial charge < -0.3 is 9.84 Å². The van der Waals surface area contributed by atoms with Crippen molar-refractivity contribution in [1.82, 2.24) is 0 Å². The van der Waals surface area contributed by atoms with Crippen LogP contribution >= 0.6 is 11.6 Å². The molecule has 0 spiro atoms. The Kier molecular flexibility index (Phi) is 3.92. The lowest BCUT2D eigenvalue weighted by atomic mass is 9.97. The Morgan fingerprint density at radius 1 is 1.25 bits per heavy atom. The van der Waals surface area contributed by atoms with Crippen LogP contribution in [0.3, 0.4) is 0 Å². The molecule has 0 unspecified atom stereocenters. The average molecular weight is 288 g/mol. The Morgan fingerprint density at radius 2 is 2.00 bits per heavy atom. The first-order valence-corrected chi connectivity index (χ1v) is 6.06. The highest BCUT2D eigenvalue weighted by atomic mass is 35.5. The molecule has 0 aliphatic rings. The molecule has 0 saturated heterocycles. The Labute approximate surface area is 120 Å². The van der Waals surface area contributed by atoms with Crippen molar-refractivity contribution in [3.05, 3.63) is 52.5 Å². The van der Waals surface area contributed by atoms with Crippen LogP contribution in [0, 0.1) is 11.3 Å². The van der Waals surface area contributed by atoms with E-state index in [1.165, 1.54) is 19.2 Å². The monoisotopic (exact) mass is 287 g/mol. The van der Waals surface area contributed by atoms with Gasteiger partial charge in [0.25, 0.3) is 0 Å². The zero-order chi connectivity index (χ0) is 14.7. The first-order chi connectivity index (χ1) is 9.56. The van der Waals surface area contributed by atoms with E-state index in [1.807, 2.05) is 6.07 Å². The summed E-state index contributed by atoms with van der Waals surface area (Å²) in [7, 11) is 1.48. The zero-order valence-electron chi connectivity index (χ0n) is 10.6. The summed E-state index contributed by atoms with van der Waals surface area (Å²) in [4.78, 5) is 11.3. The van der Waals surface area contributed by atoms with Gasteiger partial charge in [-0.05, 0) is 36.4 Å². The summed E-state index contributed by atoms with van der Waals surface area (Å²) in [5.74, 6) is -0.588. The van der Waals surface area contributed by atoms with E-state index in [1.54, 1.807) is 24.3 Å². The minimum Gasteiger partial charge on any atom is -0.496 e. The van der Waals surface area contributed by atoms with Crippen LogP contribution in [0.5, 0.6) is 5.75 Å².